The number of ether oxygens (including phenoxy) is 1. The van der Waals surface area contributed by atoms with Crippen molar-refractivity contribution in [1.29, 1.82) is 0 Å². The van der Waals surface area contributed by atoms with Gasteiger partial charge in [-0.15, -0.1) is 5.10 Å². The van der Waals surface area contributed by atoms with Crippen LogP contribution in [0.4, 0.5) is 0 Å². The monoisotopic (exact) mass is 433 g/mol. The number of phenolic OH excluding ortho intramolecular Hbond substituents is 1. The summed E-state index contributed by atoms with van der Waals surface area (Å²) in [6.07, 6.45) is 2.16. The van der Waals surface area contributed by atoms with Crippen LogP contribution in [0.5, 0.6) is 11.5 Å². The normalized spacial score (nSPS) is 18.5. The predicted octanol–water partition coefficient (Wildman–Crippen LogP) is 3.33. The van der Waals surface area contributed by atoms with Gasteiger partial charge in [0, 0.05) is 4.47 Å². The van der Waals surface area contributed by atoms with E-state index in [2.05, 4.69) is 31.4 Å². The molecule has 2 N–H and O–H groups in total. The fourth-order valence-electron chi connectivity index (χ4n) is 2.34. The van der Waals surface area contributed by atoms with E-state index in [-0.39, 0.29) is 16.9 Å². The summed E-state index contributed by atoms with van der Waals surface area (Å²) in [5, 5.41) is 20.6. The molecule has 2 aromatic carbocycles. The molecule has 0 spiro atoms. The van der Waals surface area contributed by atoms with Gasteiger partial charge in [-0.3, -0.25) is 4.79 Å². The van der Waals surface area contributed by atoms with Gasteiger partial charge in [0.25, 0.3) is 0 Å². The molecule has 1 saturated heterocycles. The molecule has 1 unspecified atom stereocenters. The van der Waals surface area contributed by atoms with Gasteiger partial charge >= 0.3 is 0 Å². The first-order chi connectivity index (χ1) is 12.5. The predicted molar refractivity (Wildman–Crippen MR) is 107 cm³/mol. The first-order valence-electron chi connectivity index (χ1n) is 7.75. The zero-order chi connectivity index (χ0) is 18.5. The lowest BCUT2D eigenvalue weighted by atomic mass is 10.1. The number of halogens is 1. The summed E-state index contributed by atoms with van der Waals surface area (Å²) in [6, 6.07) is 12.8. The average Bonchev–Trinajstić information content (AvgIpc) is 2.98. The Labute approximate surface area is 163 Å². The van der Waals surface area contributed by atoms with Crippen molar-refractivity contribution in [3.63, 3.8) is 0 Å². The van der Waals surface area contributed by atoms with E-state index < -0.39 is 0 Å². The third-order valence-electron chi connectivity index (χ3n) is 3.67. The van der Waals surface area contributed by atoms with Crippen molar-refractivity contribution in [2.45, 2.75) is 11.7 Å². The molecule has 134 valence electrons. The average molecular weight is 434 g/mol. The second-order valence-electron chi connectivity index (χ2n) is 5.51. The first kappa shape index (κ1) is 18.5. The van der Waals surface area contributed by atoms with Crippen molar-refractivity contribution in [1.82, 2.24) is 5.32 Å². The number of nitrogens with one attached hydrogen (secondary N) is 1. The summed E-state index contributed by atoms with van der Waals surface area (Å²) < 4.78 is 6.05. The molecule has 0 bridgehead atoms. The molecule has 1 fully saturated rings. The van der Waals surface area contributed by atoms with E-state index in [0.29, 0.717) is 17.3 Å². The minimum Gasteiger partial charge on any atom is -0.504 e. The number of nitrogens with zero attached hydrogens (tertiary/aromatic N) is 2. The summed E-state index contributed by atoms with van der Waals surface area (Å²) in [7, 11) is 1.48. The highest BCUT2D eigenvalue weighted by molar-refractivity contribution is 9.10. The molecule has 1 atom stereocenters. The minimum atomic E-state index is -0.223. The summed E-state index contributed by atoms with van der Waals surface area (Å²) in [6.45, 7) is 0. The lowest BCUT2D eigenvalue weighted by Crippen LogP contribution is -2.25. The molecule has 26 heavy (non-hydrogen) atoms. The highest BCUT2D eigenvalue weighted by Gasteiger charge is 2.30. The molecule has 6 nitrogen and oxygen atoms in total. The Hall–Kier alpha value is -2.32. The number of hydrogen-bond donors (Lipinski definition) is 2. The van der Waals surface area contributed by atoms with Crippen molar-refractivity contribution in [2.24, 2.45) is 10.2 Å². The number of rotatable bonds is 5. The minimum absolute atomic E-state index is 0.0605. The Bertz CT molecular complexity index is 868. The number of methoxy groups -OCH3 is 1. The SMILES string of the molecule is COc1cc(/C=N/N=C2\NC(=O)C(Cc3ccc(Br)cc3)S2)ccc1O. The number of hydrogen-bond acceptors (Lipinski definition) is 6. The standard InChI is InChI=1S/C18H16BrN3O3S/c1-25-15-8-12(4-7-14(15)23)10-20-22-18-21-17(24)16(26-18)9-11-2-5-13(19)6-3-11/h2-8,10,16,23H,9H2,1H3,(H,21,22,24)/b20-10+. The van der Waals surface area contributed by atoms with Crippen LogP contribution in [0.25, 0.3) is 0 Å². The molecule has 0 aliphatic carbocycles. The molecule has 1 heterocycles. The second kappa shape index (κ2) is 8.37. The number of aromatic hydroxyl groups is 1. The highest BCUT2D eigenvalue weighted by atomic mass is 79.9. The lowest BCUT2D eigenvalue weighted by Gasteiger charge is -2.05. The highest BCUT2D eigenvalue weighted by Crippen LogP contribution is 2.26. The van der Waals surface area contributed by atoms with Crippen LogP contribution in [0.1, 0.15) is 11.1 Å². The van der Waals surface area contributed by atoms with Gasteiger partial charge in [0.05, 0.1) is 18.6 Å². The van der Waals surface area contributed by atoms with E-state index in [9.17, 15) is 9.90 Å². The van der Waals surface area contributed by atoms with Crippen LogP contribution < -0.4 is 10.1 Å². The third-order valence-corrected chi connectivity index (χ3v) is 5.27. The number of thioether (sulfide) groups is 1. The maximum Gasteiger partial charge on any atom is 0.239 e. The van der Waals surface area contributed by atoms with Crippen molar-refractivity contribution in [3.8, 4) is 11.5 Å². The maximum atomic E-state index is 12.1. The van der Waals surface area contributed by atoms with Gasteiger partial charge in [-0.05, 0) is 47.9 Å². The molecule has 0 saturated carbocycles. The largest absolute Gasteiger partial charge is 0.504 e. The van der Waals surface area contributed by atoms with E-state index in [4.69, 9.17) is 4.74 Å². The Morgan fingerprint density at radius 3 is 2.81 bits per heavy atom. The van der Waals surface area contributed by atoms with E-state index >= 15 is 0 Å². The summed E-state index contributed by atoms with van der Waals surface area (Å²) in [4.78, 5) is 12.1. The number of benzene rings is 2. The summed E-state index contributed by atoms with van der Waals surface area (Å²) >= 11 is 4.76. The van der Waals surface area contributed by atoms with Crippen molar-refractivity contribution in [2.75, 3.05) is 7.11 Å². The van der Waals surface area contributed by atoms with E-state index in [1.165, 1.54) is 31.2 Å². The quantitative estimate of drug-likeness (QED) is 0.559. The van der Waals surface area contributed by atoms with E-state index in [1.54, 1.807) is 12.1 Å². The van der Waals surface area contributed by atoms with Gasteiger partial charge in [0.15, 0.2) is 16.7 Å². The molecule has 2 aromatic rings. The van der Waals surface area contributed by atoms with Crippen LogP contribution >= 0.6 is 27.7 Å². The molecule has 0 aromatic heterocycles. The van der Waals surface area contributed by atoms with E-state index in [1.807, 2.05) is 24.3 Å². The maximum absolute atomic E-state index is 12.1. The number of phenols is 1. The van der Waals surface area contributed by atoms with Gasteiger partial charge < -0.3 is 15.2 Å². The van der Waals surface area contributed by atoms with E-state index in [0.717, 1.165) is 15.6 Å². The Balaban J connectivity index is 1.63. The molecule has 1 amide bonds. The molecule has 3 rings (SSSR count). The van der Waals surface area contributed by atoms with Gasteiger partial charge in [-0.25, -0.2) is 0 Å². The molecule has 1 aliphatic heterocycles. The van der Waals surface area contributed by atoms with Crippen molar-refractivity contribution in [3.05, 3.63) is 58.1 Å². The fraction of sp³-hybridized carbons (Fsp3) is 0.167. The lowest BCUT2D eigenvalue weighted by molar-refractivity contribution is -0.118. The van der Waals surface area contributed by atoms with Crippen LogP contribution in [-0.2, 0) is 11.2 Å². The molecule has 8 heteroatoms. The molecule has 1 aliphatic rings. The van der Waals surface area contributed by atoms with Crippen LogP contribution in [0.15, 0.2) is 57.1 Å². The number of amides is 1. The summed E-state index contributed by atoms with van der Waals surface area (Å²) in [5.74, 6) is 0.350. The summed E-state index contributed by atoms with van der Waals surface area (Å²) in [5.41, 5.74) is 1.81. The molecular formula is C18H16BrN3O3S. The zero-order valence-electron chi connectivity index (χ0n) is 13.8. The van der Waals surface area contributed by atoms with Crippen LogP contribution in [0, 0.1) is 0 Å². The van der Waals surface area contributed by atoms with Gasteiger partial charge in [-0.1, -0.05) is 39.8 Å². The number of carbonyl (C=O) groups is 1. The number of carbonyl (C=O) groups excluding carboxylic acids is 1. The van der Waals surface area contributed by atoms with Crippen molar-refractivity contribution < 1.29 is 14.6 Å². The first-order valence-corrected chi connectivity index (χ1v) is 9.42. The van der Waals surface area contributed by atoms with Gasteiger partial charge in [-0.2, -0.15) is 5.10 Å². The Morgan fingerprint density at radius 2 is 2.08 bits per heavy atom. The van der Waals surface area contributed by atoms with Crippen LogP contribution in [-0.4, -0.2) is 34.8 Å². The van der Waals surface area contributed by atoms with Gasteiger partial charge in [0.1, 0.15) is 0 Å². The second-order valence-corrected chi connectivity index (χ2v) is 7.61. The smallest absolute Gasteiger partial charge is 0.239 e. The van der Waals surface area contributed by atoms with Crippen molar-refractivity contribution >= 4 is 45.0 Å². The Morgan fingerprint density at radius 1 is 1.31 bits per heavy atom. The number of amidine groups is 1. The zero-order valence-corrected chi connectivity index (χ0v) is 16.3. The Kier molecular flexibility index (Phi) is 5.95. The molecular weight excluding hydrogens is 418 g/mol. The fourth-order valence-corrected chi connectivity index (χ4v) is 3.57. The molecule has 0 radical (unpaired) electrons. The van der Waals surface area contributed by atoms with Crippen LogP contribution in [0.2, 0.25) is 0 Å². The van der Waals surface area contributed by atoms with Crippen LogP contribution in [0.3, 0.4) is 0 Å². The van der Waals surface area contributed by atoms with Gasteiger partial charge in [0.2, 0.25) is 5.91 Å². The third kappa shape index (κ3) is 4.64. The topological polar surface area (TPSA) is 83.3 Å².